The molecule has 3 rings (SSSR count). The molecule has 0 amide bonds. The topological polar surface area (TPSA) is 23.8 Å². The number of halogens is 1. The molecule has 2 aromatic rings. The summed E-state index contributed by atoms with van der Waals surface area (Å²) in [6.45, 7) is 0. The van der Waals surface area contributed by atoms with Crippen molar-refractivity contribution < 1.29 is 4.39 Å². The van der Waals surface area contributed by atoms with Gasteiger partial charge in [0, 0.05) is 0 Å². The quantitative estimate of drug-likeness (QED) is 0.798. The van der Waals surface area contributed by atoms with E-state index in [2.05, 4.69) is 18.2 Å². The standard InChI is InChI=1S/C17H14FN/c18-16-8-4-3-7-15(16)11-17(12-19)9-13-5-1-2-6-14(13)10-17/h1-8H,9-11H2. The first-order valence-electron chi connectivity index (χ1n) is 6.44. The van der Waals surface area contributed by atoms with Crippen molar-refractivity contribution in [3.63, 3.8) is 0 Å². The summed E-state index contributed by atoms with van der Waals surface area (Å²) < 4.78 is 13.8. The Kier molecular flexibility index (Phi) is 2.83. The normalized spacial score (nSPS) is 15.8. The van der Waals surface area contributed by atoms with Crippen LogP contribution >= 0.6 is 0 Å². The van der Waals surface area contributed by atoms with Crippen LogP contribution in [0.15, 0.2) is 48.5 Å². The number of nitrogens with zero attached hydrogens (tertiary/aromatic N) is 1. The van der Waals surface area contributed by atoms with Crippen LogP contribution in [0.4, 0.5) is 4.39 Å². The lowest BCUT2D eigenvalue weighted by Gasteiger charge is -2.20. The summed E-state index contributed by atoms with van der Waals surface area (Å²) in [5.74, 6) is -0.215. The van der Waals surface area contributed by atoms with Gasteiger partial charge < -0.3 is 0 Å². The Morgan fingerprint density at radius 2 is 1.58 bits per heavy atom. The van der Waals surface area contributed by atoms with Crippen molar-refractivity contribution in [2.24, 2.45) is 5.41 Å². The van der Waals surface area contributed by atoms with E-state index in [1.807, 2.05) is 18.2 Å². The second-order valence-electron chi connectivity index (χ2n) is 5.28. The predicted octanol–water partition coefficient (Wildman–Crippen LogP) is 3.68. The summed E-state index contributed by atoms with van der Waals surface area (Å²) in [6, 6.07) is 17.3. The van der Waals surface area contributed by atoms with Gasteiger partial charge in [0.25, 0.3) is 0 Å². The molecule has 0 heterocycles. The number of benzene rings is 2. The highest BCUT2D eigenvalue weighted by Gasteiger charge is 2.37. The molecule has 0 spiro atoms. The minimum atomic E-state index is -0.494. The Bertz CT molecular complexity index is 629. The molecule has 0 N–H and O–H groups in total. The molecule has 0 aliphatic heterocycles. The van der Waals surface area contributed by atoms with Gasteiger partial charge in [-0.05, 0) is 42.0 Å². The Balaban J connectivity index is 1.92. The third-order valence-electron chi connectivity index (χ3n) is 3.90. The number of rotatable bonds is 2. The molecule has 0 atom stereocenters. The van der Waals surface area contributed by atoms with Crippen LogP contribution in [-0.2, 0) is 19.3 Å². The van der Waals surface area contributed by atoms with E-state index in [1.165, 1.54) is 17.2 Å². The molecule has 0 aromatic heterocycles. The van der Waals surface area contributed by atoms with Crippen LogP contribution in [0.1, 0.15) is 16.7 Å². The van der Waals surface area contributed by atoms with Crippen molar-refractivity contribution in [2.75, 3.05) is 0 Å². The van der Waals surface area contributed by atoms with Crippen LogP contribution in [0, 0.1) is 22.6 Å². The SMILES string of the molecule is N#CC1(Cc2ccccc2F)Cc2ccccc2C1. The predicted molar refractivity (Wildman–Crippen MR) is 72.0 cm³/mol. The van der Waals surface area contributed by atoms with Crippen LogP contribution in [0.25, 0.3) is 0 Å². The van der Waals surface area contributed by atoms with Crippen molar-refractivity contribution in [3.8, 4) is 6.07 Å². The molecule has 94 valence electrons. The van der Waals surface area contributed by atoms with E-state index >= 15 is 0 Å². The van der Waals surface area contributed by atoms with E-state index in [1.54, 1.807) is 12.1 Å². The van der Waals surface area contributed by atoms with E-state index in [4.69, 9.17) is 0 Å². The van der Waals surface area contributed by atoms with Crippen molar-refractivity contribution in [3.05, 3.63) is 71.0 Å². The smallest absolute Gasteiger partial charge is 0.126 e. The fraction of sp³-hybridized carbons (Fsp3) is 0.235. The monoisotopic (exact) mass is 251 g/mol. The summed E-state index contributed by atoms with van der Waals surface area (Å²) in [5.41, 5.74) is 2.59. The van der Waals surface area contributed by atoms with Gasteiger partial charge in [0.15, 0.2) is 0 Å². The number of hydrogen-bond donors (Lipinski definition) is 0. The van der Waals surface area contributed by atoms with E-state index in [0.717, 1.165) is 0 Å². The Labute approximate surface area is 112 Å². The first kappa shape index (κ1) is 11.9. The average Bonchev–Trinajstić information content (AvgIpc) is 2.80. The summed E-state index contributed by atoms with van der Waals surface area (Å²) in [5, 5.41) is 9.57. The van der Waals surface area contributed by atoms with Crippen molar-refractivity contribution in [1.82, 2.24) is 0 Å². The zero-order valence-electron chi connectivity index (χ0n) is 10.6. The third kappa shape index (κ3) is 2.13. The van der Waals surface area contributed by atoms with Crippen molar-refractivity contribution >= 4 is 0 Å². The van der Waals surface area contributed by atoms with Crippen LogP contribution < -0.4 is 0 Å². The van der Waals surface area contributed by atoms with Gasteiger partial charge in [0.1, 0.15) is 5.82 Å². The number of fused-ring (bicyclic) bond motifs is 1. The zero-order chi connectivity index (χ0) is 13.3. The fourth-order valence-electron chi connectivity index (χ4n) is 2.94. The van der Waals surface area contributed by atoms with E-state index in [-0.39, 0.29) is 5.82 Å². The van der Waals surface area contributed by atoms with Crippen molar-refractivity contribution in [1.29, 1.82) is 5.26 Å². The molecule has 1 aliphatic rings. The lowest BCUT2D eigenvalue weighted by molar-refractivity contribution is 0.409. The van der Waals surface area contributed by atoms with Crippen LogP contribution in [0.3, 0.4) is 0 Å². The molecule has 0 unspecified atom stereocenters. The first-order valence-corrected chi connectivity index (χ1v) is 6.44. The summed E-state index contributed by atoms with van der Waals surface area (Å²) in [4.78, 5) is 0. The van der Waals surface area contributed by atoms with E-state index in [9.17, 15) is 9.65 Å². The fourth-order valence-corrected chi connectivity index (χ4v) is 2.94. The van der Waals surface area contributed by atoms with Gasteiger partial charge in [0.05, 0.1) is 11.5 Å². The lowest BCUT2D eigenvalue weighted by atomic mass is 9.80. The highest BCUT2D eigenvalue weighted by molar-refractivity contribution is 5.38. The molecule has 19 heavy (non-hydrogen) atoms. The highest BCUT2D eigenvalue weighted by Crippen LogP contribution is 2.39. The molecular formula is C17H14FN. The van der Waals surface area contributed by atoms with Gasteiger partial charge in [-0.3, -0.25) is 0 Å². The lowest BCUT2D eigenvalue weighted by Crippen LogP contribution is -2.22. The van der Waals surface area contributed by atoms with Gasteiger partial charge in [-0.1, -0.05) is 42.5 Å². The molecule has 2 heteroatoms. The molecule has 0 saturated heterocycles. The molecule has 0 fully saturated rings. The maximum absolute atomic E-state index is 13.8. The van der Waals surface area contributed by atoms with Gasteiger partial charge in [-0.2, -0.15) is 5.26 Å². The molecule has 0 radical (unpaired) electrons. The molecule has 1 nitrogen and oxygen atoms in total. The minimum absolute atomic E-state index is 0.215. The van der Waals surface area contributed by atoms with Crippen LogP contribution in [0.2, 0.25) is 0 Å². The van der Waals surface area contributed by atoms with Gasteiger partial charge >= 0.3 is 0 Å². The molecular weight excluding hydrogens is 237 g/mol. The van der Waals surface area contributed by atoms with Crippen LogP contribution in [0.5, 0.6) is 0 Å². The summed E-state index contributed by atoms with van der Waals surface area (Å²) in [7, 11) is 0. The second-order valence-corrected chi connectivity index (χ2v) is 5.28. The highest BCUT2D eigenvalue weighted by atomic mass is 19.1. The molecule has 2 aromatic carbocycles. The Morgan fingerprint density at radius 1 is 1.00 bits per heavy atom. The molecule has 0 bridgehead atoms. The van der Waals surface area contributed by atoms with Gasteiger partial charge in [-0.25, -0.2) is 4.39 Å². The van der Waals surface area contributed by atoms with E-state index < -0.39 is 5.41 Å². The minimum Gasteiger partial charge on any atom is -0.207 e. The Morgan fingerprint density at radius 3 is 2.16 bits per heavy atom. The zero-order valence-corrected chi connectivity index (χ0v) is 10.6. The maximum atomic E-state index is 13.8. The van der Waals surface area contributed by atoms with Crippen LogP contribution in [-0.4, -0.2) is 0 Å². The molecule has 1 aliphatic carbocycles. The van der Waals surface area contributed by atoms with Crippen molar-refractivity contribution in [2.45, 2.75) is 19.3 Å². The van der Waals surface area contributed by atoms with Gasteiger partial charge in [-0.15, -0.1) is 0 Å². The first-order chi connectivity index (χ1) is 9.22. The Hall–Kier alpha value is -2.14. The second kappa shape index (κ2) is 4.51. The molecule has 0 saturated carbocycles. The average molecular weight is 251 g/mol. The van der Waals surface area contributed by atoms with E-state index in [0.29, 0.717) is 24.8 Å². The third-order valence-corrected chi connectivity index (χ3v) is 3.90. The number of nitriles is 1. The number of hydrogen-bond acceptors (Lipinski definition) is 1. The van der Waals surface area contributed by atoms with Gasteiger partial charge in [0.2, 0.25) is 0 Å². The summed E-state index contributed by atoms with van der Waals surface area (Å²) >= 11 is 0. The summed E-state index contributed by atoms with van der Waals surface area (Å²) in [6.07, 6.45) is 1.91. The largest absolute Gasteiger partial charge is 0.207 e. The maximum Gasteiger partial charge on any atom is 0.126 e.